The molecule has 76 valence electrons. The molecule has 14 heavy (non-hydrogen) atoms. The molecule has 0 atom stereocenters. The van der Waals surface area contributed by atoms with Gasteiger partial charge in [0.1, 0.15) is 0 Å². The molecule has 1 heteroatoms. The van der Waals surface area contributed by atoms with E-state index in [2.05, 4.69) is 25.1 Å². The maximum atomic E-state index is 4.13. The number of aliphatic imine (C=N–C) groups is 1. The molecule has 0 aliphatic carbocycles. The van der Waals surface area contributed by atoms with Crippen LogP contribution in [0.3, 0.4) is 0 Å². The van der Waals surface area contributed by atoms with E-state index in [-0.39, 0.29) is 0 Å². The fraction of sp³-hybridized carbons (Fsp3) is 0.308. The molecule has 0 aromatic carbocycles. The molecule has 0 fully saturated rings. The molecule has 0 N–H and O–H groups in total. The van der Waals surface area contributed by atoms with E-state index in [0.29, 0.717) is 0 Å². The van der Waals surface area contributed by atoms with Crippen molar-refractivity contribution in [2.24, 2.45) is 4.99 Å². The minimum absolute atomic E-state index is 0.869. The summed E-state index contributed by atoms with van der Waals surface area (Å²) in [4.78, 5) is 4.13. The van der Waals surface area contributed by atoms with Gasteiger partial charge < -0.3 is 0 Å². The van der Waals surface area contributed by atoms with Crippen molar-refractivity contribution in [2.45, 2.75) is 27.2 Å². The third-order valence-electron chi connectivity index (χ3n) is 1.75. The Morgan fingerprint density at radius 3 is 2.43 bits per heavy atom. The lowest BCUT2D eigenvalue weighted by molar-refractivity contribution is 1.11. The van der Waals surface area contributed by atoms with E-state index in [0.717, 1.165) is 12.0 Å². The molecular weight excluding hydrogens is 170 g/mol. The number of rotatable bonds is 5. The molecule has 0 unspecified atom stereocenters. The summed E-state index contributed by atoms with van der Waals surface area (Å²) in [5, 5.41) is 0. The smallest absolute Gasteiger partial charge is 0.0301 e. The Labute approximate surface area is 87.3 Å². The van der Waals surface area contributed by atoms with E-state index < -0.39 is 0 Å². The topological polar surface area (TPSA) is 12.4 Å². The highest BCUT2D eigenvalue weighted by Crippen LogP contribution is 2.17. The zero-order valence-electron chi connectivity index (χ0n) is 9.38. The Balaban J connectivity index is 4.80. The van der Waals surface area contributed by atoms with Gasteiger partial charge in [0.2, 0.25) is 0 Å². The number of nitrogens with zero attached hydrogens (tertiary/aromatic N) is 1. The molecule has 0 aromatic rings. The van der Waals surface area contributed by atoms with E-state index in [1.807, 2.05) is 26.1 Å². The second-order valence-corrected chi connectivity index (χ2v) is 3.28. The summed E-state index contributed by atoms with van der Waals surface area (Å²) < 4.78 is 0. The fourth-order valence-corrected chi connectivity index (χ4v) is 1.06. The van der Waals surface area contributed by atoms with Crippen LogP contribution >= 0.6 is 0 Å². The number of hydrogen-bond acceptors (Lipinski definition) is 1. The Bertz CT molecular complexity index is 290. The van der Waals surface area contributed by atoms with Crippen LogP contribution < -0.4 is 0 Å². The molecular formula is C13H19N. The summed E-state index contributed by atoms with van der Waals surface area (Å²) >= 11 is 0. The second kappa shape index (κ2) is 7.07. The summed E-state index contributed by atoms with van der Waals surface area (Å²) in [5.41, 5.74) is 3.52. The largest absolute Gasteiger partial charge is 0.269 e. The quantitative estimate of drug-likeness (QED) is 0.351. The van der Waals surface area contributed by atoms with Crippen LogP contribution in [0.1, 0.15) is 27.2 Å². The van der Waals surface area contributed by atoms with Crippen molar-refractivity contribution in [1.82, 2.24) is 0 Å². The van der Waals surface area contributed by atoms with Crippen molar-refractivity contribution in [3.8, 4) is 0 Å². The third-order valence-corrected chi connectivity index (χ3v) is 1.75. The van der Waals surface area contributed by atoms with Crippen molar-refractivity contribution in [2.75, 3.05) is 0 Å². The van der Waals surface area contributed by atoms with Gasteiger partial charge in [0.05, 0.1) is 0 Å². The predicted octanol–water partition coefficient (Wildman–Crippen LogP) is 4.06. The van der Waals surface area contributed by atoms with Gasteiger partial charge in [-0.15, -0.1) is 0 Å². The second-order valence-electron chi connectivity index (χ2n) is 3.28. The van der Waals surface area contributed by atoms with Gasteiger partial charge in [-0.1, -0.05) is 30.9 Å². The number of hydrogen-bond donors (Lipinski definition) is 0. The Hall–Kier alpha value is -1.37. The predicted molar refractivity (Wildman–Crippen MR) is 65.6 cm³/mol. The minimum atomic E-state index is 0.869. The first kappa shape index (κ1) is 12.6. The van der Waals surface area contributed by atoms with Crippen LogP contribution in [0.25, 0.3) is 0 Å². The lowest BCUT2D eigenvalue weighted by Crippen LogP contribution is -1.86. The van der Waals surface area contributed by atoms with Crippen LogP contribution in [0.2, 0.25) is 0 Å². The van der Waals surface area contributed by atoms with Gasteiger partial charge in [-0.2, -0.15) is 0 Å². The lowest BCUT2D eigenvalue weighted by atomic mass is 10.0. The Morgan fingerprint density at radius 2 is 2.00 bits per heavy atom. The van der Waals surface area contributed by atoms with Crippen molar-refractivity contribution >= 4 is 6.21 Å². The molecule has 0 heterocycles. The zero-order chi connectivity index (χ0) is 11.0. The average Bonchev–Trinajstić information content (AvgIpc) is 2.12. The maximum Gasteiger partial charge on any atom is 0.0301 e. The van der Waals surface area contributed by atoms with Gasteiger partial charge in [0, 0.05) is 12.4 Å². The highest BCUT2D eigenvalue weighted by Gasteiger charge is 1.99. The first-order valence-electron chi connectivity index (χ1n) is 4.72. The summed E-state index contributed by atoms with van der Waals surface area (Å²) in [6.07, 6.45) is 8.30. The SMILES string of the molecule is C=CC=C(C)/C(=C\N=CC)CC(=C)C. The monoisotopic (exact) mass is 189 g/mol. The molecule has 0 saturated heterocycles. The van der Waals surface area contributed by atoms with Crippen molar-refractivity contribution < 1.29 is 0 Å². The first-order valence-corrected chi connectivity index (χ1v) is 4.72. The molecule has 0 aromatic heterocycles. The molecule has 0 aliphatic heterocycles. The lowest BCUT2D eigenvalue weighted by Gasteiger charge is -2.05. The van der Waals surface area contributed by atoms with Crippen LogP contribution in [0.15, 0.2) is 53.2 Å². The van der Waals surface area contributed by atoms with Gasteiger partial charge in [-0.3, -0.25) is 4.99 Å². The molecule has 0 rings (SSSR count). The van der Waals surface area contributed by atoms with E-state index >= 15 is 0 Å². The molecule has 1 nitrogen and oxygen atoms in total. The highest BCUT2D eigenvalue weighted by atomic mass is 14.7. The van der Waals surface area contributed by atoms with Gasteiger partial charge in [0.25, 0.3) is 0 Å². The van der Waals surface area contributed by atoms with Crippen LogP contribution in [0.4, 0.5) is 0 Å². The number of allylic oxidation sites excluding steroid dienone is 5. The van der Waals surface area contributed by atoms with Crippen LogP contribution in [0.5, 0.6) is 0 Å². The van der Waals surface area contributed by atoms with E-state index in [1.165, 1.54) is 11.1 Å². The average molecular weight is 189 g/mol. The fourth-order valence-electron chi connectivity index (χ4n) is 1.06. The van der Waals surface area contributed by atoms with Gasteiger partial charge in [-0.25, -0.2) is 0 Å². The molecule has 0 bridgehead atoms. The standard InChI is InChI=1S/C13H19N/c1-6-8-12(5)13(9-11(3)4)10-14-7-2/h6-8,10H,1,3,9H2,2,4-5H3/b12-8?,13-10-,14-7?. The summed E-state index contributed by atoms with van der Waals surface area (Å²) in [7, 11) is 0. The van der Waals surface area contributed by atoms with E-state index in [1.54, 1.807) is 12.3 Å². The van der Waals surface area contributed by atoms with Gasteiger partial charge in [-0.05, 0) is 38.3 Å². The van der Waals surface area contributed by atoms with Gasteiger partial charge >= 0.3 is 0 Å². The zero-order valence-corrected chi connectivity index (χ0v) is 9.38. The molecule has 0 aliphatic rings. The third kappa shape index (κ3) is 5.31. The molecule has 0 saturated carbocycles. The van der Waals surface area contributed by atoms with Crippen molar-refractivity contribution in [3.05, 3.63) is 48.2 Å². The van der Waals surface area contributed by atoms with E-state index in [9.17, 15) is 0 Å². The summed E-state index contributed by atoms with van der Waals surface area (Å²) in [5.74, 6) is 0. The van der Waals surface area contributed by atoms with Crippen LogP contribution in [0, 0.1) is 0 Å². The van der Waals surface area contributed by atoms with Gasteiger partial charge in [0.15, 0.2) is 0 Å². The van der Waals surface area contributed by atoms with E-state index in [4.69, 9.17) is 0 Å². The van der Waals surface area contributed by atoms with Crippen molar-refractivity contribution in [1.29, 1.82) is 0 Å². The van der Waals surface area contributed by atoms with Crippen molar-refractivity contribution in [3.63, 3.8) is 0 Å². The molecule has 0 amide bonds. The van der Waals surface area contributed by atoms with Crippen LogP contribution in [-0.4, -0.2) is 6.21 Å². The molecule has 0 radical (unpaired) electrons. The normalized spacial score (nSPS) is 13.4. The Morgan fingerprint density at radius 1 is 1.36 bits per heavy atom. The Kier molecular flexibility index (Phi) is 6.38. The minimum Gasteiger partial charge on any atom is -0.269 e. The highest BCUT2D eigenvalue weighted by molar-refractivity contribution is 5.54. The van der Waals surface area contributed by atoms with Crippen LogP contribution in [-0.2, 0) is 0 Å². The first-order chi connectivity index (χ1) is 6.61. The maximum absolute atomic E-state index is 4.13. The summed E-state index contributed by atoms with van der Waals surface area (Å²) in [6, 6.07) is 0. The molecule has 0 spiro atoms. The summed E-state index contributed by atoms with van der Waals surface area (Å²) in [6.45, 7) is 13.6.